The van der Waals surface area contributed by atoms with Crippen LogP contribution in [0.15, 0.2) is 33.6 Å². The van der Waals surface area contributed by atoms with E-state index in [2.05, 4.69) is 50.9 Å². The van der Waals surface area contributed by atoms with Gasteiger partial charge < -0.3 is 9.15 Å². The standard InChI is InChI=1S/C20H29NO3S/c1-14(2)9-16-5-6-19(17(11-16)10-15(3)4)23-7-8-25-13-18-12-21-20(22)24-18/h5-6,11-12,14-15H,7-10,13H2,1-4H3,(H,21,22). The van der Waals surface area contributed by atoms with Crippen LogP contribution in [0.3, 0.4) is 0 Å². The zero-order valence-corrected chi connectivity index (χ0v) is 16.4. The molecule has 0 aliphatic heterocycles. The zero-order chi connectivity index (χ0) is 18.2. The molecule has 0 amide bonds. The van der Waals surface area contributed by atoms with Crippen molar-refractivity contribution >= 4 is 11.8 Å². The maximum Gasteiger partial charge on any atom is 0.416 e. The van der Waals surface area contributed by atoms with Gasteiger partial charge in [0, 0.05) is 11.9 Å². The van der Waals surface area contributed by atoms with Crippen LogP contribution >= 0.6 is 11.8 Å². The molecule has 1 aromatic carbocycles. The molecule has 4 nitrogen and oxygen atoms in total. The number of rotatable bonds is 10. The molecule has 0 saturated heterocycles. The Morgan fingerprint density at radius 1 is 1.16 bits per heavy atom. The highest BCUT2D eigenvalue weighted by Crippen LogP contribution is 2.25. The monoisotopic (exact) mass is 363 g/mol. The van der Waals surface area contributed by atoms with E-state index in [0.717, 1.165) is 24.3 Å². The number of oxazole rings is 1. The molecule has 0 unspecified atom stereocenters. The third-order valence-electron chi connectivity index (χ3n) is 3.70. The maximum absolute atomic E-state index is 10.9. The number of aromatic amines is 1. The van der Waals surface area contributed by atoms with Crippen LogP contribution in [0, 0.1) is 11.8 Å². The molecule has 1 N–H and O–H groups in total. The van der Waals surface area contributed by atoms with E-state index in [9.17, 15) is 4.79 Å². The summed E-state index contributed by atoms with van der Waals surface area (Å²) in [6.07, 6.45) is 3.75. The van der Waals surface area contributed by atoms with Crippen molar-refractivity contribution in [3.8, 4) is 5.75 Å². The lowest BCUT2D eigenvalue weighted by atomic mass is 9.96. The summed E-state index contributed by atoms with van der Waals surface area (Å²) in [5, 5.41) is 0. The Morgan fingerprint density at radius 2 is 1.92 bits per heavy atom. The van der Waals surface area contributed by atoms with Crippen LogP contribution in [0.25, 0.3) is 0 Å². The molecule has 0 aliphatic carbocycles. The third-order valence-corrected chi connectivity index (χ3v) is 4.65. The van der Waals surface area contributed by atoms with Crippen LogP contribution in [0.2, 0.25) is 0 Å². The molecule has 0 spiro atoms. The first-order valence-corrected chi connectivity index (χ1v) is 10.1. The van der Waals surface area contributed by atoms with Crippen molar-refractivity contribution in [1.82, 2.24) is 4.98 Å². The summed E-state index contributed by atoms with van der Waals surface area (Å²) in [4.78, 5) is 13.4. The molecule has 2 rings (SSSR count). The van der Waals surface area contributed by atoms with E-state index in [4.69, 9.17) is 9.15 Å². The first-order chi connectivity index (χ1) is 11.9. The number of ether oxygens (including phenoxy) is 1. The first kappa shape index (κ1) is 19.7. The Hall–Kier alpha value is -1.62. The average molecular weight is 364 g/mol. The molecule has 0 fully saturated rings. The van der Waals surface area contributed by atoms with Gasteiger partial charge in [0.1, 0.15) is 11.5 Å². The SMILES string of the molecule is CC(C)Cc1ccc(OCCSCc2c[nH]c(=O)o2)c(CC(C)C)c1. The maximum atomic E-state index is 10.9. The summed E-state index contributed by atoms with van der Waals surface area (Å²) in [5.74, 6) is 4.05. The van der Waals surface area contributed by atoms with Crippen molar-refractivity contribution < 1.29 is 9.15 Å². The van der Waals surface area contributed by atoms with Crippen LogP contribution in [0.4, 0.5) is 0 Å². The van der Waals surface area contributed by atoms with Gasteiger partial charge in [-0.1, -0.05) is 39.8 Å². The molecule has 0 saturated carbocycles. The number of benzene rings is 1. The Kier molecular flexibility index (Phi) is 7.69. The summed E-state index contributed by atoms with van der Waals surface area (Å²) in [6.45, 7) is 9.61. The molecule has 1 aromatic heterocycles. The number of hydrogen-bond acceptors (Lipinski definition) is 4. The molecule has 0 atom stereocenters. The minimum absolute atomic E-state index is 0.397. The van der Waals surface area contributed by atoms with Crippen molar-refractivity contribution in [2.45, 2.75) is 46.3 Å². The van der Waals surface area contributed by atoms with Crippen molar-refractivity contribution in [3.63, 3.8) is 0 Å². The summed E-state index contributed by atoms with van der Waals surface area (Å²) >= 11 is 1.69. The molecular formula is C20H29NO3S. The van der Waals surface area contributed by atoms with Crippen molar-refractivity contribution in [1.29, 1.82) is 0 Å². The van der Waals surface area contributed by atoms with Gasteiger partial charge in [-0.25, -0.2) is 4.79 Å². The second-order valence-electron chi connectivity index (χ2n) is 7.18. The number of aromatic nitrogens is 1. The predicted molar refractivity (Wildman–Crippen MR) is 105 cm³/mol. The van der Waals surface area contributed by atoms with Crippen LogP contribution < -0.4 is 10.5 Å². The molecule has 1 heterocycles. The third kappa shape index (κ3) is 7.02. The highest BCUT2D eigenvalue weighted by atomic mass is 32.2. The van der Waals surface area contributed by atoms with E-state index in [1.807, 2.05) is 0 Å². The number of nitrogens with one attached hydrogen (secondary N) is 1. The predicted octanol–water partition coefficient (Wildman–Crippen LogP) is 4.68. The van der Waals surface area contributed by atoms with Gasteiger partial charge in [-0.3, -0.25) is 4.98 Å². The molecule has 5 heteroatoms. The molecule has 2 aromatic rings. The first-order valence-electron chi connectivity index (χ1n) is 8.93. The van der Waals surface area contributed by atoms with E-state index >= 15 is 0 Å². The Labute approximate surface area is 154 Å². The summed E-state index contributed by atoms with van der Waals surface area (Å²) in [7, 11) is 0. The van der Waals surface area contributed by atoms with Crippen LogP contribution in [0.1, 0.15) is 44.6 Å². The Bertz CT molecular complexity index is 703. The quantitative estimate of drug-likeness (QED) is 0.623. The lowest BCUT2D eigenvalue weighted by Crippen LogP contribution is -2.06. The molecule has 0 bridgehead atoms. The Balaban J connectivity index is 1.87. The fraction of sp³-hybridized carbons (Fsp3) is 0.550. The van der Waals surface area contributed by atoms with Gasteiger partial charge in [0.15, 0.2) is 0 Å². The second-order valence-corrected chi connectivity index (χ2v) is 8.29. The zero-order valence-electron chi connectivity index (χ0n) is 15.6. The molecule has 0 aliphatic rings. The van der Waals surface area contributed by atoms with Gasteiger partial charge in [0.25, 0.3) is 0 Å². The van der Waals surface area contributed by atoms with E-state index in [-0.39, 0.29) is 0 Å². The van der Waals surface area contributed by atoms with Crippen LogP contribution in [0.5, 0.6) is 5.75 Å². The summed E-state index contributed by atoms with van der Waals surface area (Å²) in [6, 6.07) is 6.60. The lowest BCUT2D eigenvalue weighted by molar-refractivity contribution is 0.338. The second kappa shape index (κ2) is 9.76. The van der Waals surface area contributed by atoms with Crippen molar-refractivity contribution in [2.24, 2.45) is 11.8 Å². The average Bonchev–Trinajstić information content (AvgIpc) is 2.93. The smallest absolute Gasteiger partial charge is 0.416 e. The number of H-pyrrole nitrogens is 1. The van der Waals surface area contributed by atoms with Crippen LogP contribution in [-0.4, -0.2) is 17.3 Å². The number of hydrogen-bond donors (Lipinski definition) is 1. The highest BCUT2D eigenvalue weighted by molar-refractivity contribution is 7.98. The van der Waals surface area contributed by atoms with E-state index in [0.29, 0.717) is 30.0 Å². The van der Waals surface area contributed by atoms with Gasteiger partial charge in [-0.05, 0) is 41.9 Å². The summed E-state index contributed by atoms with van der Waals surface area (Å²) < 4.78 is 11.0. The summed E-state index contributed by atoms with van der Waals surface area (Å²) in [5.41, 5.74) is 2.68. The van der Waals surface area contributed by atoms with E-state index in [1.54, 1.807) is 18.0 Å². The fourth-order valence-corrected chi connectivity index (χ4v) is 3.43. The van der Waals surface area contributed by atoms with Gasteiger partial charge >= 0.3 is 5.76 Å². The molecule has 0 radical (unpaired) electrons. The lowest BCUT2D eigenvalue weighted by Gasteiger charge is -2.15. The highest BCUT2D eigenvalue weighted by Gasteiger charge is 2.09. The van der Waals surface area contributed by atoms with E-state index < -0.39 is 5.76 Å². The topological polar surface area (TPSA) is 55.2 Å². The minimum atomic E-state index is -0.397. The Morgan fingerprint density at radius 3 is 2.56 bits per heavy atom. The molecule has 25 heavy (non-hydrogen) atoms. The minimum Gasteiger partial charge on any atom is -0.492 e. The van der Waals surface area contributed by atoms with Crippen molar-refractivity contribution in [2.75, 3.05) is 12.4 Å². The van der Waals surface area contributed by atoms with Crippen LogP contribution in [-0.2, 0) is 18.6 Å². The number of thioether (sulfide) groups is 1. The normalized spacial score (nSPS) is 11.4. The van der Waals surface area contributed by atoms with Crippen molar-refractivity contribution in [3.05, 3.63) is 51.8 Å². The fourth-order valence-electron chi connectivity index (χ4n) is 2.74. The van der Waals surface area contributed by atoms with E-state index in [1.165, 1.54) is 11.1 Å². The molecular weight excluding hydrogens is 334 g/mol. The van der Waals surface area contributed by atoms with Gasteiger partial charge in [0.05, 0.1) is 12.4 Å². The van der Waals surface area contributed by atoms with Gasteiger partial charge in [-0.2, -0.15) is 11.8 Å². The van der Waals surface area contributed by atoms with Gasteiger partial charge in [0.2, 0.25) is 0 Å². The largest absolute Gasteiger partial charge is 0.492 e. The van der Waals surface area contributed by atoms with Gasteiger partial charge in [-0.15, -0.1) is 0 Å². The molecule has 138 valence electrons.